The molecule has 3 nitrogen and oxygen atoms in total. The average Bonchev–Trinajstić information content (AvgIpc) is 2.48. The number of benzene rings is 2. The van der Waals surface area contributed by atoms with Gasteiger partial charge in [-0.1, -0.05) is 41.0 Å². The lowest BCUT2D eigenvalue weighted by molar-refractivity contribution is 0.303. The predicted octanol–water partition coefficient (Wildman–Crippen LogP) is 4.26. The van der Waals surface area contributed by atoms with Crippen molar-refractivity contribution in [3.63, 3.8) is 0 Å². The van der Waals surface area contributed by atoms with E-state index in [1.165, 1.54) is 6.07 Å². The van der Waals surface area contributed by atoms with E-state index in [1.54, 1.807) is 37.3 Å². The van der Waals surface area contributed by atoms with Crippen molar-refractivity contribution in [3.8, 4) is 5.75 Å². The molecule has 0 heterocycles. The number of rotatable bonds is 4. The third-order valence-electron chi connectivity index (χ3n) is 2.84. The van der Waals surface area contributed by atoms with Gasteiger partial charge < -0.3 is 9.94 Å². The Morgan fingerprint density at radius 3 is 2.75 bits per heavy atom. The van der Waals surface area contributed by atoms with Crippen molar-refractivity contribution in [3.05, 3.63) is 64.4 Å². The molecule has 2 aromatic rings. The third kappa shape index (κ3) is 3.08. The molecule has 0 fully saturated rings. The summed E-state index contributed by atoms with van der Waals surface area (Å²) in [5, 5.41) is 12.1. The van der Waals surface area contributed by atoms with E-state index in [0.29, 0.717) is 22.6 Å². The summed E-state index contributed by atoms with van der Waals surface area (Å²) in [4.78, 5) is 0. The van der Waals surface area contributed by atoms with E-state index in [0.717, 1.165) is 0 Å². The summed E-state index contributed by atoms with van der Waals surface area (Å²) >= 11 is 5.87. The molecule has 1 N–H and O–H groups in total. The maximum absolute atomic E-state index is 13.3. The molecule has 0 atom stereocenters. The van der Waals surface area contributed by atoms with Crippen molar-refractivity contribution in [1.82, 2.24) is 0 Å². The van der Waals surface area contributed by atoms with Gasteiger partial charge in [0.25, 0.3) is 0 Å². The van der Waals surface area contributed by atoms with Crippen LogP contribution >= 0.6 is 11.6 Å². The molecule has 2 aromatic carbocycles. The monoisotopic (exact) mass is 293 g/mol. The standard InChI is InChI=1S/C15H13ClFNO2/c1-10(18-19)12-6-2-3-8-14(12)20-9-11-5-4-7-13(17)15(11)16/h2-8,19H,9H2,1H3/b18-10-. The molecule has 0 unspecified atom stereocenters. The molecule has 0 saturated carbocycles. The zero-order valence-corrected chi connectivity index (χ0v) is 11.6. The molecule has 5 heteroatoms. The van der Waals surface area contributed by atoms with Crippen molar-refractivity contribution in [2.24, 2.45) is 5.16 Å². The molecule has 104 valence electrons. The largest absolute Gasteiger partial charge is 0.488 e. The van der Waals surface area contributed by atoms with Crippen LogP contribution in [0.5, 0.6) is 5.75 Å². The van der Waals surface area contributed by atoms with E-state index in [2.05, 4.69) is 5.16 Å². The van der Waals surface area contributed by atoms with Crippen molar-refractivity contribution in [1.29, 1.82) is 0 Å². The first kappa shape index (κ1) is 14.3. The molecule has 0 aliphatic carbocycles. The second kappa shape index (κ2) is 6.39. The molecule has 0 spiro atoms. The van der Waals surface area contributed by atoms with Crippen LogP contribution in [-0.4, -0.2) is 10.9 Å². The van der Waals surface area contributed by atoms with Crippen LogP contribution in [0.1, 0.15) is 18.1 Å². The fourth-order valence-electron chi connectivity index (χ4n) is 1.76. The molecule has 20 heavy (non-hydrogen) atoms. The van der Waals surface area contributed by atoms with Gasteiger partial charge in [0.1, 0.15) is 18.2 Å². The van der Waals surface area contributed by atoms with E-state index in [1.807, 2.05) is 6.07 Å². The van der Waals surface area contributed by atoms with Crippen LogP contribution in [0.2, 0.25) is 5.02 Å². The van der Waals surface area contributed by atoms with Crippen LogP contribution < -0.4 is 4.74 Å². The Bertz CT molecular complexity index is 644. The van der Waals surface area contributed by atoms with Gasteiger partial charge in [-0.25, -0.2) is 4.39 Å². The van der Waals surface area contributed by atoms with Crippen LogP contribution in [0.15, 0.2) is 47.6 Å². The Morgan fingerprint density at radius 2 is 2.00 bits per heavy atom. The van der Waals surface area contributed by atoms with E-state index in [-0.39, 0.29) is 11.6 Å². The number of halogens is 2. The molecule has 0 aliphatic rings. The Kier molecular flexibility index (Phi) is 4.58. The van der Waals surface area contributed by atoms with Gasteiger partial charge in [0.15, 0.2) is 0 Å². The van der Waals surface area contributed by atoms with Gasteiger partial charge in [0, 0.05) is 11.1 Å². The van der Waals surface area contributed by atoms with Crippen molar-refractivity contribution in [2.45, 2.75) is 13.5 Å². The highest BCUT2D eigenvalue weighted by Gasteiger charge is 2.09. The summed E-state index contributed by atoms with van der Waals surface area (Å²) in [6.07, 6.45) is 0. The Hall–Kier alpha value is -2.07. The van der Waals surface area contributed by atoms with Gasteiger partial charge in [0.05, 0.1) is 10.7 Å². The smallest absolute Gasteiger partial charge is 0.142 e. The molecule has 0 amide bonds. The van der Waals surface area contributed by atoms with Crippen molar-refractivity contribution in [2.75, 3.05) is 0 Å². The lowest BCUT2D eigenvalue weighted by Gasteiger charge is -2.11. The highest BCUT2D eigenvalue weighted by Crippen LogP contribution is 2.24. The molecule has 0 bridgehead atoms. The van der Waals surface area contributed by atoms with Gasteiger partial charge in [0.2, 0.25) is 0 Å². The van der Waals surface area contributed by atoms with Crippen molar-refractivity contribution >= 4 is 17.3 Å². The normalized spacial score (nSPS) is 11.4. The number of nitrogens with zero attached hydrogens (tertiary/aromatic N) is 1. The van der Waals surface area contributed by atoms with Crippen LogP contribution in [0.4, 0.5) is 4.39 Å². The fourth-order valence-corrected chi connectivity index (χ4v) is 1.94. The highest BCUT2D eigenvalue weighted by molar-refractivity contribution is 6.31. The first-order valence-corrected chi connectivity index (χ1v) is 6.35. The lowest BCUT2D eigenvalue weighted by Crippen LogP contribution is -2.03. The number of oxime groups is 1. The zero-order valence-electron chi connectivity index (χ0n) is 10.8. The molecule has 0 saturated heterocycles. The average molecular weight is 294 g/mol. The molecule has 0 aliphatic heterocycles. The molecule has 0 radical (unpaired) electrons. The number of hydrogen-bond acceptors (Lipinski definition) is 3. The van der Waals surface area contributed by atoms with Crippen LogP contribution in [0, 0.1) is 5.82 Å². The molecular formula is C15H13ClFNO2. The Labute approximate surface area is 121 Å². The second-order valence-electron chi connectivity index (χ2n) is 4.18. The van der Waals surface area contributed by atoms with E-state index in [9.17, 15) is 4.39 Å². The highest BCUT2D eigenvalue weighted by atomic mass is 35.5. The van der Waals surface area contributed by atoms with Gasteiger partial charge in [-0.15, -0.1) is 0 Å². The molecule has 2 rings (SSSR count). The lowest BCUT2D eigenvalue weighted by atomic mass is 10.1. The minimum Gasteiger partial charge on any atom is -0.488 e. The summed E-state index contributed by atoms with van der Waals surface area (Å²) in [5.74, 6) is 0.0669. The minimum absolute atomic E-state index is 0.0533. The second-order valence-corrected chi connectivity index (χ2v) is 4.56. The van der Waals surface area contributed by atoms with Gasteiger partial charge in [-0.3, -0.25) is 0 Å². The first-order chi connectivity index (χ1) is 9.63. The summed E-state index contributed by atoms with van der Waals surface area (Å²) < 4.78 is 19.0. The summed E-state index contributed by atoms with van der Waals surface area (Å²) in [6.45, 7) is 1.80. The summed E-state index contributed by atoms with van der Waals surface area (Å²) in [5.41, 5.74) is 1.66. The van der Waals surface area contributed by atoms with Crippen molar-refractivity contribution < 1.29 is 14.3 Å². The third-order valence-corrected chi connectivity index (χ3v) is 3.26. The number of para-hydroxylation sites is 1. The molecular weight excluding hydrogens is 281 g/mol. The maximum atomic E-state index is 13.3. The number of ether oxygens (including phenoxy) is 1. The SMILES string of the molecule is C/C(=N/O)c1ccccc1OCc1cccc(F)c1Cl. The molecule has 0 aromatic heterocycles. The minimum atomic E-state index is -0.478. The van der Waals surface area contributed by atoms with Crippen LogP contribution in [0.25, 0.3) is 0 Å². The number of hydrogen-bond donors (Lipinski definition) is 1. The van der Waals surface area contributed by atoms with E-state index < -0.39 is 5.82 Å². The topological polar surface area (TPSA) is 41.8 Å². The summed E-state index contributed by atoms with van der Waals surface area (Å²) in [7, 11) is 0. The van der Waals surface area contributed by atoms with Gasteiger partial charge in [-0.2, -0.15) is 0 Å². The van der Waals surface area contributed by atoms with Crippen LogP contribution in [-0.2, 0) is 6.61 Å². The predicted molar refractivity (Wildman–Crippen MR) is 76.2 cm³/mol. The Balaban J connectivity index is 2.21. The zero-order chi connectivity index (χ0) is 14.5. The summed E-state index contributed by atoms with van der Waals surface area (Å²) in [6, 6.07) is 11.7. The quantitative estimate of drug-likeness (QED) is 0.520. The van der Waals surface area contributed by atoms with Gasteiger partial charge in [-0.05, 0) is 25.1 Å². The van der Waals surface area contributed by atoms with E-state index >= 15 is 0 Å². The van der Waals surface area contributed by atoms with Gasteiger partial charge >= 0.3 is 0 Å². The van der Waals surface area contributed by atoms with E-state index in [4.69, 9.17) is 21.5 Å². The maximum Gasteiger partial charge on any atom is 0.142 e. The Morgan fingerprint density at radius 1 is 1.25 bits per heavy atom. The fraction of sp³-hybridized carbons (Fsp3) is 0.133. The first-order valence-electron chi connectivity index (χ1n) is 5.97. The van der Waals surface area contributed by atoms with Crippen LogP contribution in [0.3, 0.4) is 0 Å².